The van der Waals surface area contributed by atoms with Crippen molar-refractivity contribution in [1.29, 1.82) is 0 Å². The van der Waals surface area contributed by atoms with E-state index in [-0.39, 0.29) is 36.8 Å². The Morgan fingerprint density at radius 3 is 2.79 bits per heavy atom. The van der Waals surface area contributed by atoms with Crippen LogP contribution in [0, 0.1) is 5.92 Å². The summed E-state index contributed by atoms with van der Waals surface area (Å²) >= 11 is 0. The molecule has 6 nitrogen and oxygen atoms in total. The summed E-state index contributed by atoms with van der Waals surface area (Å²) in [7, 11) is 0. The molecular weight excluding hydrogens is 385 g/mol. The Morgan fingerprint density at radius 1 is 1.38 bits per heavy atom. The molecule has 0 radical (unpaired) electrons. The zero-order valence-corrected chi connectivity index (χ0v) is 17.1. The lowest BCUT2D eigenvalue weighted by Crippen LogP contribution is -2.45. The number of carbonyl (C=O) groups excluding carboxylic acids is 1. The number of amides is 1. The molecule has 1 unspecified atom stereocenters. The normalized spacial score (nSPS) is 17.6. The fourth-order valence-corrected chi connectivity index (χ4v) is 3.04. The lowest BCUT2D eigenvalue weighted by atomic mass is 10.2. The second-order valence-electron chi connectivity index (χ2n) is 7.20. The standard InChI is InChI=1S/C20H29F3N4O2/c1-4-24-19(26-16-8-10-27(13-16)18(28)14(2)3)25-9-11-29-17-7-5-6-15(12-17)20(21,22)23/h5-7,12,14,16H,4,8-11,13H2,1-3H3,(H2,24,25,26). The van der Waals surface area contributed by atoms with Crippen molar-refractivity contribution in [3.8, 4) is 5.75 Å². The third-order valence-electron chi connectivity index (χ3n) is 4.47. The van der Waals surface area contributed by atoms with Crippen LogP contribution < -0.4 is 15.4 Å². The summed E-state index contributed by atoms with van der Waals surface area (Å²) in [6.45, 7) is 8.17. The van der Waals surface area contributed by atoms with Crippen molar-refractivity contribution in [3.05, 3.63) is 29.8 Å². The van der Waals surface area contributed by atoms with Crippen LogP contribution in [0.5, 0.6) is 5.75 Å². The van der Waals surface area contributed by atoms with E-state index >= 15 is 0 Å². The molecule has 2 N–H and O–H groups in total. The average molecular weight is 414 g/mol. The molecule has 1 aromatic carbocycles. The van der Waals surface area contributed by atoms with Gasteiger partial charge < -0.3 is 20.3 Å². The van der Waals surface area contributed by atoms with Crippen molar-refractivity contribution >= 4 is 11.9 Å². The summed E-state index contributed by atoms with van der Waals surface area (Å²) in [5.41, 5.74) is -0.741. The smallest absolute Gasteiger partial charge is 0.416 e. The van der Waals surface area contributed by atoms with E-state index in [1.807, 2.05) is 25.7 Å². The quantitative estimate of drug-likeness (QED) is 0.409. The molecule has 29 heavy (non-hydrogen) atoms. The molecule has 1 aromatic rings. The summed E-state index contributed by atoms with van der Waals surface area (Å²) in [4.78, 5) is 18.4. The summed E-state index contributed by atoms with van der Waals surface area (Å²) in [5.74, 6) is 0.880. The second kappa shape index (κ2) is 10.4. The van der Waals surface area contributed by atoms with Crippen LogP contribution in [-0.2, 0) is 11.0 Å². The van der Waals surface area contributed by atoms with Crippen molar-refractivity contribution in [2.75, 3.05) is 32.8 Å². The molecule has 9 heteroatoms. The molecule has 0 aromatic heterocycles. The van der Waals surface area contributed by atoms with Gasteiger partial charge in [0, 0.05) is 31.6 Å². The van der Waals surface area contributed by atoms with Crippen molar-refractivity contribution < 1.29 is 22.7 Å². The number of likely N-dealkylation sites (tertiary alicyclic amines) is 1. The van der Waals surface area contributed by atoms with E-state index in [0.29, 0.717) is 25.6 Å². The Bertz CT molecular complexity index is 707. The number of carbonyl (C=O) groups is 1. The van der Waals surface area contributed by atoms with Gasteiger partial charge in [0.1, 0.15) is 12.4 Å². The molecule has 1 aliphatic rings. The first-order valence-electron chi connectivity index (χ1n) is 9.84. The zero-order valence-electron chi connectivity index (χ0n) is 17.1. The van der Waals surface area contributed by atoms with Crippen LogP contribution in [0.15, 0.2) is 29.3 Å². The Hall–Kier alpha value is -2.45. The van der Waals surface area contributed by atoms with E-state index in [0.717, 1.165) is 18.6 Å². The van der Waals surface area contributed by atoms with Crippen molar-refractivity contribution in [3.63, 3.8) is 0 Å². The Kier molecular flexibility index (Phi) is 8.16. The first-order chi connectivity index (χ1) is 13.7. The number of guanidine groups is 1. The van der Waals surface area contributed by atoms with E-state index in [9.17, 15) is 18.0 Å². The number of rotatable bonds is 7. The number of aliphatic imine (C=N–C) groups is 1. The molecule has 1 fully saturated rings. The highest BCUT2D eigenvalue weighted by atomic mass is 19.4. The zero-order chi connectivity index (χ0) is 21.4. The maximum Gasteiger partial charge on any atom is 0.416 e. The first-order valence-corrected chi connectivity index (χ1v) is 9.84. The molecule has 0 bridgehead atoms. The van der Waals surface area contributed by atoms with Gasteiger partial charge in [0.05, 0.1) is 12.1 Å². The number of nitrogens with one attached hydrogen (secondary N) is 2. The van der Waals surface area contributed by atoms with Crippen molar-refractivity contribution in [1.82, 2.24) is 15.5 Å². The highest BCUT2D eigenvalue weighted by Gasteiger charge is 2.30. The fraction of sp³-hybridized carbons (Fsp3) is 0.600. The summed E-state index contributed by atoms with van der Waals surface area (Å²) in [6, 6.07) is 4.90. The Balaban J connectivity index is 1.84. The molecule has 1 saturated heterocycles. The molecular formula is C20H29F3N4O2. The third-order valence-corrected chi connectivity index (χ3v) is 4.47. The molecule has 0 spiro atoms. The van der Waals surface area contributed by atoms with Gasteiger partial charge in [0.2, 0.25) is 5.91 Å². The van der Waals surface area contributed by atoms with Crippen LogP contribution in [0.1, 0.15) is 32.8 Å². The number of hydrogen-bond acceptors (Lipinski definition) is 3. The van der Waals surface area contributed by atoms with Crippen LogP contribution in [-0.4, -0.2) is 55.6 Å². The van der Waals surface area contributed by atoms with Gasteiger partial charge in [-0.05, 0) is 31.5 Å². The minimum atomic E-state index is -4.40. The van der Waals surface area contributed by atoms with Crippen LogP contribution in [0.4, 0.5) is 13.2 Å². The predicted octanol–water partition coefficient (Wildman–Crippen LogP) is 2.90. The van der Waals surface area contributed by atoms with Gasteiger partial charge in [-0.2, -0.15) is 13.2 Å². The van der Waals surface area contributed by atoms with Crippen LogP contribution in [0.3, 0.4) is 0 Å². The van der Waals surface area contributed by atoms with E-state index in [4.69, 9.17) is 4.74 Å². The Labute approximate surface area is 169 Å². The third kappa shape index (κ3) is 7.14. The summed E-state index contributed by atoms with van der Waals surface area (Å²) in [5, 5.41) is 6.44. The number of nitrogens with zero attached hydrogens (tertiary/aromatic N) is 2. The van der Waals surface area contributed by atoms with Gasteiger partial charge in [0.25, 0.3) is 0 Å². The SMILES string of the molecule is CCNC(=NCCOc1cccc(C(F)(F)F)c1)NC1CCN(C(=O)C(C)C)C1. The summed E-state index contributed by atoms with van der Waals surface area (Å²) < 4.78 is 43.6. The highest BCUT2D eigenvalue weighted by Crippen LogP contribution is 2.31. The number of halogens is 3. The van der Waals surface area contributed by atoms with E-state index in [1.54, 1.807) is 0 Å². The van der Waals surface area contributed by atoms with Crippen molar-refractivity contribution in [2.24, 2.45) is 10.9 Å². The average Bonchev–Trinajstić information content (AvgIpc) is 3.12. The lowest BCUT2D eigenvalue weighted by molar-refractivity contribution is -0.137. The van der Waals surface area contributed by atoms with Crippen LogP contribution in [0.2, 0.25) is 0 Å². The maximum absolute atomic E-state index is 12.7. The Morgan fingerprint density at radius 2 is 2.14 bits per heavy atom. The molecule has 1 atom stereocenters. The molecule has 0 saturated carbocycles. The fourth-order valence-electron chi connectivity index (χ4n) is 3.04. The molecule has 162 valence electrons. The predicted molar refractivity (Wildman–Crippen MR) is 106 cm³/mol. The van der Waals surface area contributed by atoms with Gasteiger partial charge in [-0.15, -0.1) is 0 Å². The number of hydrogen-bond donors (Lipinski definition) is 2. The largest absolute Gasteiger partial charge is 0.492 e. The topological polar surface area (TPSA) is 66.0 Å². The lowest BCUT2D eigenvalue weighted by Gasteiger charge is -2.20. The molecule has 1 heterocycles. The highest BCUT2D eigenvalue weighted by molar-refractivity contribution is 5.81. The number of alkyl halides is 3. The van der Waals surface area contributed by atoms with Crippen LogP contribution in [0.25, 0.3) is 0 Å². The van der Waals surface area contributed by atoms with Gasteiger partial charge in [-0.3, -0.25) is 4.79 Å². The van der Waals surface area contributed by atoms with Gasteiger partial charge in [-0.1, -0.05) is 19.9 Å². The minimum absolute atomic E-state index is 0.0244. The molecule has 1 aliphatic heterocycles. The van der Waals surface area contributed by atoms with Gasteiger partial charge in [-0.25, -0.2) is 4.99 Å². The van der Waals surface area contributed by atoms with Crippen LogP contribution >= 0.6 is 0 Å². The van der Waals surface area contributed by atoms with Gasteiger partial charge in [0.15, 0.2) is 5.96 Å². The monoisotopic (exact) mass is 414 g/mol. The maximum atomic E-state index is 12.7. The van der Waals surface area contributed by atoms with Crippen molar-refractivity contribution in [2.45, 2.75) is 39.4 Å². The minimum Gasteiger partial charge on any atom is -0.492 e. The molecule has 0 aliphatic carbocycles. The van der Waals surface area contributed by atoms with E-state index in [2.05, 4.69) is 15.6 Å². The number of benzene rings is 1. The van der Waals surface area contributed by atoms with E-state index < -0.39 is 11.7 Å². The second-order valence-corrected chi connectivity index (χ2v) is 7.20. The first kappa shape index (κ1) is 22.8. The molecule has 1 amide bonds. The van der Waals surface area contributed by atoms with E-state index in [1.165, 1.54) is 12.1 Å². The summed E-state index contributed by atoms with van der Waals surface area (Å²) in [6.07, 6.45) is -3.56. The number of ether oxygens (including phenoxy) is 1. The molecule has 2 rings (SSSR count). The van der Waals surface area contributed by atoms with Gasteiger partial charge >= 0.3 is 6.18 Å².